The van der Waals surface area contributed by atoms with Gasteiger partial charge in [0.05, 0.1) is 5.75 Å². The van der Waals surface area contributed by atoms with E-state index in [1.807, 2.05) is 0 Å². The lowest BCUT2D eigenvalue weighted by atomic mass is 10.2. The SMILES string of the molecule is Cn1c(COc2ccc(Cl)cc2)nnc1SCC(=O)c1c(N)n(C2CC2)c(=O)[nH]c1=O. The number of ether oxygens (including phenoxy) is 1. The Labute approximate surface area is 185 Å². The van der Waals surface area contributed by atoms with Crippen LogP contribution in [0, 0.1) is 0 Å². The molecule has 0 aliphatic heterocycles. The molecule has 2 aromatic heterocycles. The molecule has 31 heavy (non-hydrogen) atoms. The number of thioether (sulfide) groups is 1. The predicted molar refractivity (Wildman–Crippen MR) is 116 cm³/mol. The summed E-state index contributed by atoms with van der Waals surface area (Å²) in [6.45, 7) is 0.179. The van der Waals surface area contributed by atoms with Crippen molar-refractivity contribution in [1.29, 1.82) is 0 Å². The molecule has 10 nitrogen and oxygen atoms in total. The summed E-state index contributed by atoms with van der Waals surface area (Å²) in [6.07, 6.45) is 1.58. The van der Waals surface area contributed by atoms with Crippen LogP contribution in [0.3, 0.4) is 0 Å². The second kappa shape index (κ2) is 8.60. The quantitative estimate of drug-likeness (QED) is 0.381. The molecule has 3 N–H and O–H groups in total. The molecule has 1 aromatic carbocycles. The first-order valence-electron chi connectivity index (χ1n) is 9.42. The van der Waals surface area contributed by atoms with E-state index in [-0.39, 0.29) is 29.8 Å². The third kappa shape index (κ3) is 4.52. The molecule has 2 heterocycles. The van der Waals surface area contributed by atoms with Gasteiger partial charge >= 0.3 is 5.69 Å². The third-order valence-electron chi connectivity index (χ3n) is 4.81. The van der Waals surface area contributed by atoms with Crippen LogP contribution in [0.5, 0.6) is 5.75 Å². The lowest BCUT2D eigenvalue weighted by Crippen LogP contribution is -2.36. The molecule has 0 atom stereocenters. The van der Waals surface area contributed by atoms with Gasteiger partial charge < -0.3 is 15.0 Å². The zero-order valence-corrected chi connectivity index (χ0v) is 18.1. The zero-order valence-electron chi connectivity index (χ0n) is 16.5. The number of aromatic nitrogens is 5. The van der Waals surface area contributed by atoms with Gasteiger partial charge in [-0.1, -0.05) is 23.4 Å². The summed E-state index contributed by atoms with van der Waals surface area (Å²) >= 11 is 6.97. The number of H-pyrrole nitrogens is 1. The number of nitrogens with one attached hydrogen (secondary N) is 1. The van der Waals surface area contributed by atoms with Crippen LogP contribution in [-0.2, 0) is 13.7 Å². The van der Waals surface area contributed by atoms with Crippen molar-refractivity contribution in [3.63, 3.8) is 0 Å². The van der Waals surface area contributed by atoms with Gasteiger partial charge in [-0.25, -0.2) is 4.79 Å². The van der Waals surface area contributed by atoms with Crippen molar-refractivity contribution in [3.05, 3.63) is 61.5 Å². The van der Waals surface area contributed by atoms with E-state index in [1.165, 1.54) is 4.57 Å². The van der Waals surface area contributed by atoms with Crippen molar-refractivity contribution in [3.8, 4) is 5.75 Å². The Kier molecular flexibility index (Phi) is 5.88. The Balaban J connectivity index is 1.43. The van der Waals surface area contributed by atoms with Gasteiger partial charge in [-0.3, -0.25) is 19.1 Å². The first-order chi connectivity index (χ1) is 14.8. The van der Waals surface area contributed by atoms with Gasteiger partial charge in [-0.2, -0.15) is 0 Å². The van der Waals surface area contributed by atoms with Crippen molar-refractivity contribution in [2.45, 2.75) is 30.6 Å². The Bertz CT molecular complexity index is 1250. The van der Waals surface area contributed by atoms with Crippen LogP contribution < -0.4 is 21.7 Å². The van der Waals surface area contributed by atoms with E-state index in [9.17, 15) is 14.4 Å². The summed E-state index contributed by atoms with van der Waals surface area (Å²) in [5.74, 6) is 0.541. The summed E-state index contributed by atoms with van der Waals surface area (Å²) < 4.78 is 8.65. The van der Waals surface area contributed by atoms with E-state index in [0.29, 0.717) is 21.8 Å². The highest BCUT2D eigenvalue weighted by atomic mass is 35.5. The standard InChI is InChI=1S/C19H19ClN6O4S/c1-25-14(8-30-12-6-2-10(20)3-7-12)23-24-19(25)31-9-13(27)15-16(21)26(11-4-5-11)18(29)22-17(15)28/h2-3,6-7,11H,4-5,8-9,21H2,1H3,(H,22,28,29). The van der Waals surface area contributed by atoms with Crippen molar-refractivity contribution in [2.24, 2.45) is 7.05 Å². The fourth-order valence-electron chi connectivity index (χ4n) is 3.01. The largest absolute Gasteiger partial charge is 0.486 e. The molecule has 0 saturated heterocycles. The molecule has 1 aliphatic carbocycles. The molecule has 162 valence electrons. The fourth-order valence-corrected chi connectivity index (χ4v) is 3.94. The minimum Gasteiger partial charge on any atom is -0.486 e. The minimum atomic E-state index is -0.778. The molecular weight excluding hydrogens is 444 g/mol. The van der Waals surface area contributed by atoms with Crippen molar-refractivity contribution in [2.75, 3.05) is 11.5 Å². The molecule has 1 saturated carbocycles. The van der Waals surface area contributed by atoms with Gasteiger partial charge in [-0.05, 0) is 37.1 Å². The van der Waals surface area contributed by atoms with Gasteiger partial charge in [0.2, 0.25) is 0 Å². The Hall–Kier alpha value is -3.05. The normalized spacial score (nSPS) is 13.4. The number of aromatic amines is 1. The van der Waals surface area contributed by atoms with Gasteiger partial charge in [0, 0.05) is 18.1 Å². The summed E-state index contributed by atoms with van der Waals surface area (Å²) in [5, 5.41) is 9.25. The number of carbonyl (C=O) groups is 1. The minimum absolute atomic E-state index is 0.0644. The smallest absolute Gasteiger partial charge is 0.330 e. The van der Waals surface area contributed by atoms with Crippen molar-refractivity contribution >= 4 is 35.0 Å². The fraction of sp³-hybridized carbons (Fsp3) is 0.316. The summed E-state index contributed by atoms with van der Waals surface area (Å²) in [4.78, 5) is 39.1. The number of nitrogens with two attached hydrogens (primary N) is 1. The number of ketones is 1. The van der Waals surface area contributed by atoms with Crippen molar-refractivity contribution in [1.82, 2.24) is 24.3 Å². The lowest BCUT2D eigenvalue weighted by Gasteiger charge is -2.11. The van der Waals surface area contributed by atoms with E-state index in [1.54, 1.807) is 35.9 Å². The van der Waals surface area contributed by atoms with Gasteiger partial charge in [-0.15, -0.1) is 10.2 Å². The van der Waals surface area contributed by atoms with Gasteiger partial charge in [0.15, 0.2) is 16.8 Å². The number of nitrogens with zero attached hydrogens (tertiary/aromatic N) is 4. The number of carbonyl (C=O) groups excluding carboxylic acids is 1. The number of benzene rings is 1. The van der Waals surface area contributed by atoms with Crippen LogP contribution in [0.1, 0.15) is 35.1 Å². The average Bonchev–Trinajstić information content (AvgIpc) is 3.49. The molecule has 0 unspecified atom stereocenters. The summed E-state index contributed by atoms with van der Waals surface area (Å²) in [7, 11) is 1.75. The number of hydrogen-bond acceptors (Lipinski definition) is 8. The molecule has 4 rings (SSSR count). The Morgan fingerprint density at radius 1 is 1.29 bits per heavy atom. The highest BCUT2D eigenvalue weighted by Crippen LogP contribution is 2.35. The highest BCUT2D eigenvalue weighted by Gasteiger charge is 2.30. The van der Waals surface area contributed by atoms with E-state index in [0.717, 1.165) is 24.6 Å². The van der Waals surface area contributed by atoms with E-state index in [4.69, 9.17) is 22.1 Å². The van der Waals surface area contributed by atoms with Gasteiger partial charge in [0.25, 0.3) is 5.56 Å². The van der Waals surface area contributed by atoms with E-state index >= 15 is 0 Å². The number of Topliss-reactive ketones (excluding diaryl/α,β-unsaturated/α-hetero) is 1. The molecule has 0 amide bonds. The van der Waals surface area contributed by atoms with Crippen LogP contribution in [0.15, 0.2) is 39.0 Å². The van der Waals surface area contributed by atoms with Gasteiger partial charge in [0.1, 0.15) is 23.7 Å². The monoisotopic (exact) mass is 462 g/mol. The van der Waals surface area contributed by atoms with Crippen LogP contribution in [-0.4, -0.2) is 35.9 Å². The average molecular weight is 463 g/mol. The summed E-state index contributed by atoms with van der Waals surface area (Å²) in [6, 6.07) is 6.87. The molecule has 0 radical (unpaired) electrons. The molecule has 1 fully saturated rings. The number of rotatable bonds is 8. The lowest BCUT2D eigenvalue weighted by molar-refractivity contribution is 0.102. The molecular formula is C19H19ClN6O4S. The maximum absolute atomic E-state index is 12.7. The Morgan fingerprint density at radius 3 is 2.68 bits per heavy atom. The molecule has 1 aliphatic rings. The van der Waals surface area contributed by atoms with E-state index in [2.05, 4.69) is 15.2 Å². The van der Waals surface area contributed by atoms with Crippen LogP contribution in [0.4, 0.5) is 5.82 Å². The highest BCUT2D eigenvalue weighted by molar-refractivity contribution is 7.99. The number of halogens is 1. The summed E-state index contributed by atoms with van der Waals surface area (Å²) in [5.41, 5.74) is 4.42. The number of nitrogen functional groups attached to an aromatic ring is 1. The Morgan fingerprint density at radius 2 is 2.00 bits per heavy atom. The predicted octanol–water partition coefficient (Wildman–Crippen LogP) is 1.79. The maximum Gasteiger partial charge on any atom is 0.330 e. The van der Waals surface area contributed by atoms with E-state index < -0.39 is 17.0 Å². The first-order valence-corrected chi connectivity index (χ1v) is 10.8. The molecule has 0 bridgehead atoms. The topological polar surface area (TPSA) is 138 Å². The van der Waals surface area contributed by atoms with Crippen LogP contribution in [0.2, 0.25) is 5.02 Å². The third-order valence-corrected chi connectivity index (χ3v) is 6.08. The molecule has 3 aromatic rings. The van der Waals surface area contributed by atoms with Crippen LogP contribution >= 0.6 is 23.4 Å². The number of hydrogen-bond donors (Lipinski definition) is 2. The molecule has 12 heteroatoms. The number of anilines is 1. The zero-order chi connectivity index (χ0) is 22.1. The molecule has 0 spiro atoms. The first kappa shape index (κ1) is 21.2. The second-order valence-electron chi connectivity index (χ2n) is 7.03. The second-order valence-corrected chi connectivity index (χ2v) is 8.41. The maximum atomic E-state index is 12.7. The van der Waals surface area contributed by atoms with Crippen molar-refractivity contribution < 1.29 is 9.53 Å². The van der Waals surface area contributed by atoms with Crippen LogP contribution in [0.25, 0.3) is 0 Å².